The van der Waals surface area contributed by atoms with E-state index in [0.29, 0.717) is 24.2 Å². The van der Waals surface area contributed by atoms with Gasteiger partial charge in [-0.15, -0.1) is 0 Å². The molecule has 0 fully saturated rings. The highest BCUT2D eigenvalue weighted by atomic mass is 16.5. The molecule has 0 aliphatic rings. The molecule has 2 N–H and O–H groups in total. The van der Waals surface area contributed by atoms with Gasteiger partial charge in [0.2, 0.25) is 11.8 Å². The molecular formula is C19H19N3O3. The van der Waals surface area contributed by atoms with Gasteiger partial charge in [0.25, 0.3) is 0 Å². The van der Waals surface area contributed by atoms with Crippen LogP contribution in [-0.2, 0) is 16.0 Å². The summed E-state index contributed by atoms with van der Waals surface area (Å²) in [5.41, 5.74) is 2.29. The molecule has 0 radical (unpaired) electrons. The average Bonchev–Trinajstić information content (AvgIpc) is 2.62. The fraction of sp³-hybridized carbons (Fsp3) is 0.211. The van der Waals surface area contributed by atoms with Gasteiger partial charge in [-0.25, -0.2) is 0 Å². The van der Waals surface area contributed by atoms with Crippen LogP contribution in [0.2, 0.25) is 0 Å². The van der Waals surface area contributed by atoms with E-state index in [-0.39, 0.29) is 18.2 Å². The maximum atomic E-state index is 12.0. The minimum absolute atomic E-state index is 0.0860. The van der Waals surface area contributed by atoms with Crippen molar-refractivity contribution in [2.45, 2.75) is 19.3 Å². The first kappa shape index (κ1) is 18.0. The van der Waals surface area contributed by atoms with Gasteiger partial charge in [-0.05, 0) is 48.4 Å². The van der Waals surface area contributed by atoms with Gasteiger partial charge in [0.1, 0.15) is 12.2 Å². The number of nitrogens with one attached hydrogen (secondary N) is 2. The van der Waals surface area contributed by atoms with Crippen molar-refractivity contribution < 1.29 is 14.3 Å². The molecule has 2 aromatic carbocycles. The molecule has 2 rings (SSSR count). The SMILES string of the molecule is COc1ccc(CCC(=O)Nc2ccc(NC(=O)CC#N)cc2)cc1. The Morgan fingerprint density at radius 2 is 1.52 bits per heavy atom. The van der Waals surface area contributed by atoms with Crippen molar-refractivity contribution in [1.29, 1.82) is 5.26 Å². The number of rotatable bonds is 7. The number of ether oxygens (including phenoxy) is 1. The van der Waals surface area contributed by atoms with Crippen LogP contribution < -0.4 is 15.4 Å². The molecule has 6 heteroatoms. The standard InChI is InChI=1S/C19H19N3O3/c1-25-17-9-2-14(3-10-17)4-11-18(23)21-15-5-7-16(8-6-15)22-19(24)12-13-20/h2-3,5-10H,4,11-12H2,1H3,(H,21,23)(H,22,24). The van der Waals surface area contributed by atoms with Crippen LogP contribution in [0.4, 0.5) is 11.4 Å². The molecule has 0 aliphatic carbocycles. The van der Waals surface area contributed by atoms with Crippen molar-refractivity contribution in [2.75, 3.05) is 17.7 Å². The first-order valence-corrected chi connectivity index (χ1v) is 7.80. The van der Waals surface area contributed by atoms with Crippen LogP contribution in [0.5, 0.6) is 5.75 Å². The highest BCUT2D eigenvalue weighted by Gasteiger charge is 2.05. The lowest BCUT2D eigenvalue weighted by molar-refractivity contribution is -0.116. The first-order valence-electron chi connectivity index (χ1n) is 7.80. The van der Waals surface area contributed by atoms with Gasteiger partial charge in [-0.2, -0.15) is 5.26 Å². The Hall–Kier alpha value is -3.33. The summed E-state index contributed by atoms with van der Waals surface area (Å²) in [6.07, 6.45) is 0.814. The molecule has 0 saturated heterocycles. The van der Waals surface area contributed by atoms with Crippen LogP contribution in [0.25, 0.3) is 0 Å². The van der Waals surface area contributed by atoms with Gasteiger partial charge in [-0.3, -0.25) is 9.59 Å². The zero-order valence-corrected chi connectivity index (χ0v) is 13.9. The maximum Gasteiger partial charge on any atom is 0.238 e. The topological polar surface area (TPSA) is 91.2 Å². The number of hydrogen-bond acceptors (Lipinski definition) is 4. The summed E-state index contributed by atoms with van der Waals surface area (Å²) in [5, 5.41) is 13.9. The second-order valence-corrected chi connectivity index (χ2v) is 5.36. The highest BCUT2D eigenvalue weighted by molar-refractivity contribution is 5.93. The van der Waals surface area contributed by atoms with Crippen molar-refractivity contribution in [3.8, 4) is 11.8 Å². The zero-order valence-electron chi connectivity index (χ0n) is 13.9. The third-order valence-electron chi connectivity index (χ3n) is 3.49. The van der Waals surface area contributed by atoms with Crippen molar-refractivity contribution in [2.24, 2.45) is 0 Å². The normalized spacial score (nSPS) is 9.76. The highest BCUT2D eigenvalue weighted by Crippen LogP contribution is 2.15. The van der Waals surface area contributed by atoms with Gasteiger partial charge in [0.05, 0.1) is 13.2 Å². The monoisotopic (exact) mass is 337 g/mol. The van der Waals surface area contributed by atoms with Crippen molar-refractivity contribution in [3.63, 3.8) is 0 Å². The van der Waals surface area contributed by atoms with Crippen LogP contribution in [0.15, 0.2) is 48.5 Å². The number of carbonyl (C=O) groups excluding carboxylic acids is 2. The second kappa shape index (κ2) is 9.08. The lowest BCUT2D eigenvalue weighted by atomic mass is 10.1. The molecule has 0 unspecified atom stereocenters. The Balaban J connectivity index is 1.81. The minimum atomic E-state index is -0.362. The van der Waals surface area contributed by atoms with E-state index in [0.717, 1.165) is 11.3 Å². The minimum Gasteiger partial charge on any atom is -0.497 e. The largest absolute Gasteiger partial charge is 0.497 e. The Morgan fingerprint density at radius 1 is 0.960 bits per heavy atom. The van der Waals surface area contributed by atoms with Crippen LogP contribution in [0, 0.1) is 11.3 Å². The van der Waals surface area contributed by atoms with Gasteiger partial charge in [-0.1, -0.05) is 12.1 Å². The van der Waals surface area contributed by atoms with Crippen LogP contribution in [0.1, 0.15) is 18.4 Å². The summed E-state index contributed by atoms with van der Waals surface area (Å²) >= 11 is 0. The Labute approximate surface area is 146 Å². The van der Waals surface area contributed by atoms with E-state index >= 15 is 0 Å². The summed E-state index contributed by atoms with van der Waals surface area (Å²) in [6, 6.07) is 16.1. The molecule has 0 aromatic heterocycles. The number of carbonyl (C=O) groups is 2. The molecule has 0 spiro atoms. The molecule has 6 nitrogen and oxygen atoms in total. The van der Waals surface area contributed by atoms with Crippen molar-refractivity contribution in [3.05, 3.63) is 54.1 Å². The maximum absolute atomic E-state index is 12.0. The van der Waals surface area contributed by atoms with E-state index in [9.17, 15) is 9.59 Å². The number of benzene rings is 2. The van der Waals surface area contributed by atoms with E-state index in [2.05, 4.69) is 10.6 Å². The van der Waals surface area contributed by atoms with E-state index < -0.39 is 0 Å². The van der Waals surface area contributed by atoms with E-state index in [1.54, 1.807) is 37.4 Å². The number of nitriles is 1. The fourth-order valence-electron chi connectivity index (χ4n) is 2.19. The van der Waals surface area contributed by atoms with E-state index in [1.165, 1.54) is 0 Å². The van der Waals surface area contributed by atoms with Crippen LogP contribution in [0.3, 0.4) is 0 Å². The summed E-state index contributed by atoms with van der Waals surface area (Å²) in [6.45, 7) is 0. The Kier molecular flexibility index (Phi) is 6.55. The number of methoxy groups -OCH3 is 1. The number of amides is 2. The van der Waals surface area contributed by atoms with Crippen LogP contribution in [-0.4, -0.2) is 18.9 Å². The molecule has 0 bridgehead atoms. The smallest absolute Gasteiger partial charge is 0.238 e. The molecule has 128 valence electrons. The van der Waals surface area contributed by atoms with Gasteiger partial charge >= 0.3 is 0 Å². The number of anilines is 2. The summed E-state index contributed by atoms with van der Waals surface area (Å²) in [5.74, 6) is 0.339. The van der Waals surface area contributed by atoms with Crippen molar-refractivity contribution in [1.82, 2.24) is 0 Å². The summed E-state index contributed by atoms with van der Waals surface area (Å²) in [7, 11) is 1.61. The Morgan fingerprint density at radius 3 is 2.04 bits per heavy atom. The third-order valence-corrected chi connectivity index (χ3v) is 3.49. The van der Waals surface area contributed by atoms with Gasteiger partial charge < -0.3 is 15.4 Å². The zero-order chi connectivity index (χ0) is 18.1. The van der Waals surface area contributed by atoms with E-state index in [4.69, 9.17) is 10.00 Å². The van der Waals surface area contributed by atoms with Crippen LogP contribution >= 0.6 is 0 Å². The lowest BCUT2D eigenvalue weighted by Gasteiger charge is -2.08. The quantitative estimate of drug-likeness (QED) is 0.812. The number of nitrogens with zero attached hydrogens (tertiary/aromatic N) is 1. The molecule has 2 aromatic rings. The molecule has 0 atom stereocenters. The molecule has 0 saturated carbocycles. The predicted octanol–water partition coefficient (Wildman–Crippen LogP) is 3.12. The predicted molar refractivity (Wildman–Crippen MR) is 95.2 cm³/mol. The second-order valence-electron chi connectivity index (χ2n) is 5.36. The van der Waals surface area contributed by atoms with Crippen molar-refractivity contribution >= 4 is 23.2 Å². The van der Waals surface area contributed by atoms with Gasteiger partial charge in [0.15, 0.2) is 0 Å². The molecule has 0 aliphatic heterocycles. The summed E-state index contributed by atoms with van der Waals surface area (Å²) in [4.78, 5) is 23.3. The number of aryl methyl sites for hydroxylation is 1. The molecule has 2 amide bonds. The molecular weight excluding hydrogens is 318 g/mol. The average molecular weight is 337 g/mol. The first-order chi connectivity index (χ1) is 12.1. The van der Waals surface area contributed by atoms with E-state index in [1.807, 2.05) is 24.3 Å². The molecule has 0 heterocycles. The number of hydrogen-bond donors (Lipinski definition) is 2. The van der Waals surface area contributed by atoms with Gasteiger partial charge in [0, 0.05) is 17.8 Å². The summed E-state index contributed by atoms with van der Waals surface area (Å²) < 4.78 is 5.10. The molecule has 25 heavy (non-hydrogen) atoms. The lowest BCUT2D eigenvalue weighted by Crippen LogP contribution is -2.13. The third kappa shape index (κ3) is 5.99. The Bertz CT molecular complexity index is 762. The fourth-order valence-corrected chi connectivity index (χ4v) is 2.19.